The van der Waals surface area contributed by atoms with Gasteiger partial charge in [-0.3, -0.25) is 15.0 Å². The summed E-state index contributed by atoms with van der Waals surface area (Å²) in [5, 5.41) is 0.658. The van der Waals surface area contributed by atoms with Crippen LogP contribution in [0.4, 0.5) is 5.82 Å². The molecule has 6 heteroatoms. The van der Waals surface area contributed by atoms with Crippen LogP contribution in [0.5, 0.6) is 0 Å². The summed E-state index contributed by atoms with van der Waals surface area (Å²) >= 11 is 1.42. The van der Waals surface area contributed by atoms with Gasteiger partial charge in [-0.2, -0.15) is 5.01 Å². The molecule has 1 aliphatic rings. The van der Waals surface area contributed by atoms with Crippen LogP contribution in [0.25, 0.3) is 0 Å². The number of carbonyl (C=O) groups is 2. The monoisotopic (exact) mass is 327 g/mol. The molecule has 1 aliphatic heterocycles. The molecular weight excluding hydrogens is 310 g/mol. The van der Waals surface area contributed by atoms with Crippen LogP contribution in [0.1, 0.15) is 12.5 Å². The van der Waals surface area contributed by atoms with Crippen LogP contribution >= 0.6 is 11.8 Å². The molecule has 5 nitrogen and oxygen atoms in total. The zero-order valence-corrected chi connectivity index (χ0v) is 13.7. The second kappa shape index (κ2) is 6.42. The Balaban J connectivity index is 1.76. The summed E-state index contributed by atoms with van der Waals surface area (Å²) in [5.41, 5.74) is 3.84. The minimum Gasteiger partial charge on any atom is -0.272 e. The van der Waals surface area contributed by atoms with Gasteiger partial charge in [0, 0.05) is 11.1 Å². The fourth-order valence-corrected chi connectivity index (χ4v) is 3.47. The first kappa shape index (κ1) is 15.6. The zero-order valence-electron chi connectivity index (χ0n) is 12.9. The molecule has 0 spiro atoms. The second-order valence-electron chi connectivity index (χ2n) is 5.48. The molecule has 1 saturated heterocycles. The molecule has 118 valence electrons. The van der Waals surface area contributed by atoms with Crippen LogP contribution in [-0.2, 0) is 9.59 Å². The third kappa shape index (κ3) is 3.22. The summed E-state index contributed by atoms with van der Waals surface area (Å²) in [5.74, 6) is -0.370. The smallest absolute Gasteiger partial charge is 0.262 e. The maximum atomic E-state index is 12.6. The lowest BCUT2D eigenvalue weighted by atomic mass is 10.1. The van der Waals surface area contributed by atoms with Crippen molar-refractivity contribution in [2.24, 2.45) is 5.92 Å². The predicted octanol–water partition coefficient (Wildman–Crippen LogP) is 2.88. The molecule has 1 fully saturated rings. The Bertz CT molecular complexity index is 718. The van der Waals surface area contributed by atoms with Gasteiger partial charge in [0.05, 0.1) is 5.92 Å². The first-order valence-electron chi connectivity index (χ1n) is 7.35. The molecule has 0 aliphatic carbocycles. The van der Waals surface area contributed by atoms with Crippen molar-refractivity contribution in [2.45, 2.75) is 24.0 Å². The molecule has 2 aromatic rings. The molecule has 3 rings (SSSR count). The molecule has 0 saturated carbocycles. The van der Waals surface area contributed by atoms with E-state index in [2.05, 4.69) is 10.4 Å². The van der Waals surface area contributed by atoms with Gasteiger partial charge in [-0.1, -0.05) is 31.2 Å². The lowest BCUT2D eigenvalue weighted by molar-refractivity contribution is -0.137. The van der Waals surface area contributed by atoms with Gasteiger partial charge in [-0.05, 0) is 30.7 Å². The van der Waals surface area contributed by atoms with Gasteiger partial charge in [0.1, 0.15) is 11.1 Å². The summed E-state index contributed by atoms with van der Waals surface area (Å²) in [4.78, 5) is 30.1. The van der Waals surface area contributed by atoms with E-state index >= 15 is 0 Å². The lowest BCUT2D eigenvalue weighted by Crippen LogP contribution is -2.37. The van der Waals surface area contributed by atoms with Gasteiger partial charge in [0.15, 0.2) is 0 Å². The number of hydrazine groups is 1. The quantitative estimate of drug-likeness (QED) is 0.875. The zero-order chi connectivity index (χ0) is 16.4. The lowest BCUT2D eigenvalue weighted by Gasteiger charge is -2.16. The number of nitrogens with one attached hydrogen (secondary N) is 1. The maximum absolute atomic E-state index is 12.6. The second-order valence-corrected chi connectivity index (χ2v) is 6.70. The van der Waals surface area contributed by atoms with Crippen LogP contribution < -0.4 is 5.43 Å². The highest BCUT2D eigenvalue weighted by atomic mass is 32.2. The number of imide groups is 1. The highest BCUT2D eigenvalue weighted by Gasteiger charge is 2.46. The first-order valence-corrected chi connectivity index (χ1v) is 8.23. The number of hydrogen-bond donors (Lipinski definition) is 1. The number of amides is 2. The van der Waals surface area contributed by atoms with E-state index < -0.39 is 5.25 Å². The van der Waals surface area contributed by atoms with Gasteiger partial charge >= 0.3 is 0 Å². The molecule has 23 heavy (non-hydrogen) atoms. The molecule has 2 amide bonds. The van der Waals surface area contributed by atoms with E-state index in [0.717, 1.165) is 15.5 Å². The predicted molar refractivity (Wildman–Crippen MR) is 89.7 cm³/mol. The van der Waals surface area contributed by atoms with Crippen molar-refractivity contribution in [3.05, 3.63) is 54.2 Å². The Morgan fingerprint density at radius 1 is 1.09 bits per heavy atom. The van der Waals surface area contributed by atoms with Crippen LogP contribution in [0.3, 0.4) is 0 Å². The Hall–Kier alpha value is -2.34. The van der Waals surface area contributed by atoms with Crippen molar-refractivity contribution < 1.29 is 9.59 Å². The topological polar surface area (TPSA) is 62.3 Å². The van der Waals surface area contributed by atoms with Crippen molar-refractivity contribution in [1.82, 2.24) is 9.99 Å². The van der Waals surface area contributed by atoms with Gasteiger partial charge in [0.25, 0.3) is 11.8 Å². The van der Waals surface area contributed by atoms with Gasteiger partial charge in [-0.15, -0.1) is 11.8 Å². The fraction of sp³-hybridized carbons (Fsp3) is 0.235. The average molecular weight is 327 g/mol. The van der Waals surface area contributed by atoms with E-state index in [1.807, 2.05) is 43.3 Å². The minimum absolute atomic E-state index is 0.231. The van der Waals surface area contributed by atoms with E-state index in [9.17, 15) is 9.59 Å². The number of pyridine rings is 1. The third-order valence-corrected chi connectivity index (χ3v) is 5.08. The maximum Gasteiger partial charge on any atom is 0.262 e. The molecule has 2 heterocycles. The molecule has 1 aromatic heterocycles. The summed E-state index contributed by atoms with van der Waals surface area (Å²) in [6, 6.07) is 13.3. The summed E-state index contributed by atoms with van der Waals surface area (Å²) in [6.07, 6.45) is 1.69. The number of anilines is 1. The largest absolute Gasteiger partial charge is 0.272 e. The van der Waals surface area contributed by atoms with Crippen LogP contribution in [0, 0.1) is 12.8 Å². The van der Waals surface area contributed by atoms with Crippen LogP contribution in [0.15, 0.2) is 53.6 Å². The normalized spacial score (nSPS) is 20.9. The van der Waals surface area contributed by atoms with E-state index in [-0.39, 0.29) is 17.7 Å². The van der Waals surface area contributed by atoms with Crippen molar-refractivity contribution >= 4 is 29.4 Å². The minimum atomic E-state index is -0.428. The Labute approximate surface area is 139 Å². The number of nitrogens with zero attached hydrogens (tertiary/aromatic N) is 2. The highest BCUT2D eigenvalue weighted by molar-refractivity contribution is 8.00. The van der Waals surface area contributed by atoms with E-state index in [1.54, 1.807) is 19.2 Å². The number of aromatic nitrogens is 1. The summed E-state index contributed by atoms with van der Waals surface area (Å²) < 4.78 is 0. The number of benzene rings is 1. The molecule has 1 aromatic carbocycles. The number of aryl methyl sites for hydroxylation is 1. The van der Waals surface area contributed by atoms with Crippen molar-refractivity contribution in [3.8, 4) is 0 Å². The summed E-state index contributed by atoms with van der Waals surface area (Å²) in [7, 11) is 0. The SMILES string of the molecule is Cc1ccc(NN2C(=O)C(C)C(Sc3ccccc3)C2=O)nc1. The molecular formula is C17H17N3O2S. The number of hydrogen-bond acceptors (Lipinski definition) is 5. The van der Waals surface area contributed by atoms with E-state index in [0.29, 0.717) is 5.82 Å². The van der Waals surface area contributed by atoms with Crippen molar-refractivity contribution in [2.75, 3.05) is 5.43 Å². The average Bonchev–Trinajstić information content (AvgIpc) is 2.76. The highest BCUT2D eigenvalue weighted by Crippen LogP contribution is 2.34. The standard InChI is InChI=1S/C17H17N3O2S/c1-11-8-9-14(18-10-11)19-20-16(21)12(2)15(17(20)22)23-13-6-4-3-5-7-13/h3-10,12,15H,1-2H3,(H,18,19). The fourth-order valence-electron chi connectivity index (χ4n) is 2.34. The van der Waals surface area contributed by atoms with Crippen LogP contribution in [0.2, 0.25) is 0 Å². The molecule has 0 radical (unpaired) electrons. The molecule has 2 atom stereocenters. The van der Waals surface area contributed by atoms with Crippen molar-refractivity contribution in [1.29, 1.82) is 0 Å². The number of rotatable bonds is 4. The van der Waals surface area contributed by atoms with Gasteiger partial charge in [0.2, 0.25) is 0 Å². The number of thioether (sulfide) groups is 1. The molecule has 0 bridgehead atoms. The van der Waals surface area contributed by atoms with Gasteiger partial charge in [-0.25, -0.2) is 4.98 Å². The Kier molecular flexibility index (Phi) is 4.34. The molecule has 2 unspecified atom stereocenters. The first-order chi connectivity index (χ1) is 11.1. The van der Waals surface area contributed by atoms with E-state index in [4.69, 9.17) is 0 Å². The third-order valence-electron chi connectivity index (χ3n) is 3.67. The van der Waals surface area contributed by atoms with Crippen molar-refractivity contribution in [3.63, 3.8) is 0 Å². The Morgan fingerprint density at radius 2 is 1.83 bits per heavy atom. The summed E-state index contributed by atoms with van der Waals surface area (Å²) in [6.45, 7) is 3.71. The van der Waals surface area contributed by atoms with E-state index in [1.165, 1.54) is 11.8 Å². The van der Waals surface area contributed by atoms with Gasteiger partial charge < -0.3 is 0 Å². The Morgan fingerprint density at radius 3 is 2.48 bits per heavy atom. The van der Waals surface area contributed by atoms with Crippen LogP contribution in [-0.4, -0.2) is 27.1 Å². The molecule has 1 N–H and O–H groups in total. The number of carbonyl (C=O) groups excluding carboxylic acids is 2.